The Morgan fingerprint density at radius 1 is 1.24 bits per heavy atom. The maximum absolute atomic E-state index is 11.9. The van der Waals surface area contributed by atoms with E-state index in [1.54, 1.807) is 19.2 Å². The van der Waals surface area contributed by atoms with Gasteiger partial charge in [-0.25, -0.2) is 9.78 Å². The van der Waals surface area contributed by atoms with Gasteiger partial charge in [0.05, 0.1) is 23.9 Å². The predicted molar refractivity (Wildman–Crippen MR) is 109 cm³/mol. The van der Waals surface area contributed by atoms with E-state index >= 15 is 0 Å². The molecule has 1 N–H and O–H groups in total. The van der Waals surface area contributed by atoms with E-state index in [2.05, 4.69) is 0 Å². The van der Waals surface area contributed by atoms with Gasteiger partial charge >= 0.3 is 5.97 Å². The van der Waals surface area contributed by atoms with Crippen molar-refractivity contribution in [1.29, 1.82) is 5.26 Å². The molecule has 6 nitrogen and oxygen atoms in total. The van der Waals surface area contributed by atoms with Crippen LogP contribution in [0.2, 0.25) is 0 Å². The molecule has 1 aliphatic carbocycles. The number of carboxylic acids is 1. The molecular formula is C23H18N2O4. The summed E-state index contributed by atoms with van der Waals surface area (Å²) in [5, 5.41) is 19.2. The van der Waals surface area contributed by atoms with Crippen LogP contribution in [-0.2, 0) is 6.42 Å². The molecule has 0 spiro atoms. The van der Waals surface area contributed by atoms with Gasteiger partial charge in [0.25, 0.3) is 0 Å². The normalized spacial score (nSPS) is 13.9. The van der Waals surface area contributed by atoms with Gasteiger partial charge in [-0.2, -0.15) is 5.26 Å². The summed E-state index contributed by atoms with van der Waals surface area (Å²) < 4.78 is 10.7. The number of pyridine rings is 1. The molecule has 0 saturated carbocycles. The van der Waals surface area contributed by atoms with E-state index in [4.69, 9.17) is 19.7 Å². The molecule has 3 aromatic rings. The fraction of sp³-hybridized carbons (Fsp3) is 0.174. The molecule has 0 saturated heterocycles. The van der Waals surface area contributed by atoms with E-state index in [1.807, 2.05) is 42.5 Å². The van der Waals surface area contributed by atoms with Crippen molar-refractivity contribution < 1.29 is 19.4 Å². The fourth-order valence-corrected chi connectivity index (χ4v) is 3.73. The summed E-state index contributed by atoms with van der Waals surface area (Å²) in [5.74, 6) is 0.104. The zero-order valence-electron chi connectivity index (χ0n) is 15.8. The highest BCUT2D eigenvalue weighted by molar-refractivity contribution is 6.06. The summed E-state index contributed by atoms with van der Waals surface area (Å²) in [4.78, 5) is 16.7. The number of nitriles is 1. The van der Waals surface area contributed by atoms with E-state index in [1.165, 1.54) is 0 Å². The van der Waals surface area contributed by atoms with Crippen LogP contribution >= 0.6 is 0 Å². The first-order valence-corrected chi connectivity index (χ1v) is 9.16. The third kappa shape index (κ3) is 3.39. The van der Waals surface area contributed by atoms with E-state index in [0.29, 0.717) is 40.8 Å². The lowest BCUT2D eigenvalue weighted by Gasteiger charge is -2.10. The smallest absolute Gasteiger partial charge is 0.336 e. The summed E-state index contributed by atoms with van der Waals surface area (Å²) in [7, 11) is 1.54. The molecule has 0 unspecified atom stereocenters. The van der Waals surface area contributed by atoms with E-state index in [9.17, 15) is 9.90 Å². The number of benzene rings is 2. The van der Waals surface area contributed by atoms with Crippen LogP contribution in [-0.4, -0.2) is 29.8 Å². The van der Waals surface area contributed by atoms with Crippen LogP contribution < -0.4 is 9.47 Å². The van der Waals surface area contributed by atoms with Crippen molar-refractivity contribution in [2.45, 2.75) is 12.8 Å². The molecule has 0 aliphatic heterocycles. The maximum Gasteiger partial charge on any atom is 0.336 e. The highest BCUT2D eigenvalue weighted by Gasteiger charge is 2.26. The van der Waals surface area contributed by atoms with Gasteiger partial charge in [-0.3, -0.25) is 0 Å². The Hall–Kier alpha value is -3.85. The molecule has 0 radical (unpaired) electrons. The Bertz CT molecular complexity index is 1190. The van der Waals surface area contributed by atoms with Crippen molar-refractivity contribution in [3.05, 3.63) is 64.8 Å². The van der Waals surface area contributed by atoms with Crippen LogP contribution in [0.15, 0.2) is 42.5 Å². The number of methoxy groups -OCH3 is 1. The number of rotatable bonds is 5. The molecule has 2 aromatic carbocycles. The second kappa shape index (κ2) is 7.64. The second-order valence-electron chi connectivity index (χ2n) is 6.66. The van der Waals surface area contributed by atoms with Gasteiger partial charge in [0.2, 0.25) is 0 Å². The monoisotopic (exact) mass is 386 g/mol. The summed E-state index contributed by atoms with van der Waals surface area (Å²) in [6, 6.07) is 14.7. The number of para-hydroxylation sites is 1. The summed E-state index contributed by atoms with van der Waals surface area (Å²) in [5.41, 5.74) is 4.41. The number of carboxylic acid groups (broad SMARTS) is 1. The average molecular weight is 386 g/mol. The van der Waals surface area contributed by atoms with E-state index < -0.39 is 5.97 Å². The third-order valence-corrected chi connectivity index (χ3v) is 4.98. The van der Waals surface area contributed by atoms with Gasteiger partial charge in [0.15, 0.2) is 18.1 Å². The fourth-order valence-electron chi connectivity index (χ4n) is 3.73. The van der Waals surface area contributed by atoms with Crippen LogP contribution in [0.5, 0.6) is 11.5 Å². The van der Waals surface area contributed by atoms with Crippen molar-refractivity contribution in [3.63, 3.8) is 0 Å². The van der Waals surface area contributed by atoms with Crippen molar-refractivity contribution in [2.75, 3.05) is 13.7 Å². The number of fused-ring (bicyclic) bond motifs is 2. The number of aromatic carboxylic acids is 1. The van der Waals surface area contributed by atoms with E-state index in [0.717, 1.165) is 22.4 Å². The number of ether oxygens (including phenoxy) is 2. The first kappa shape index (κ1) is 18.5. The largest absolute Gasteiger partial charge is 0.493 e. The van der Waals surface area contributed by atoms with Gasteiger partial charge < -0.3 is 14.6 Å². The number of hydrogen-bond acceptors (Lipinski definition) is 5. The zero-order chi connectivity index (χ0) is 20.4. The molecular weight excluding hydrogens is 368 g/mol. The summed E-state index contributed by atoms with van der Waals surface area (Å²) in [6.07, 6.45) is 3.35. The Morgan fingerprint density at radius 2 is 2.07 bits per heavy atom. The maximum atomic E-state index is 11.9. The van der Waals surface area contributed by atoms with Crippen molar-refractivity contribution in [1.82, 2.24) is 4.98 Å². The summed E-state index contributed by atoms with van der Waals surface area (Å²) in [6.45, 7) is -0.0564. The predicted octanol–water partition coefficient (Wildman–Crippen LogP) is 4.33. The topological polar surface area (TPSA) is 92.4 Å². The Labute approximate surface area is 167 Å². The number of allylic oxidation sites excluding steroid dienone is 1. The van der Waals surface area contributed by atoms with Crippen LogP contribution in [0.1, 0.15) is 33.6 Å². The summed E-state index contributed by atoms with van der Waals surface area (Å²) >= 11 is 0. The number of carbonyl (C=O) groups is 1. The lowest BCUT2D eigenvalue weighted by molar-refractivity contribution is 0.0698. The molecule has 4 rings (SSSR count). The van der Waals surface area contributed by atoms with Crippen LogP contribution in [0.4, 0.5) is 0 Å². The molecule has 0 fully saturated rings. The molecule has 6 heteroatoms. The van der Waals surface area contributed by atoms with Crippen LogP contribution in [0, 0.1) is 11.3 Å². The molecule has 1 heterocycles. The van der Waals surface area contributed by atoms with Gasteiger partial charge in [-0.05, 0) is 53.8 Å². The number of aromatic nitrogens is 1. The Morgan fingerprint density at radius 3 is 2.83 bits per heavy atom. The SMILES string of the molecule is COc1cc(/C=C2\CCc3c2nc2ccccc2c3C(=O)O)ccc1OCC#N. The first-order valence-electron chi connectivity index (χ1n) is 9.16. The van der Waals surface area contributed by atoms with Gasteiger partial charge in [-0.1, -0.05) is 24.3 Å². The van der Waals surface area contributed by atoms with Gasteiger partial charge in [0, 0.05) is 5.39 Å². The van der Waals surface area contributed by atoms with E-state index in [-0.39, 0.29) is 6.61 Å². The van der Waals surface area contributed by atoms with Gasteiger partial charge in [-0.15, -0.1) is 0 Å². The Balaban J connectivity index is 1.79. The molecule has 1 aromatic heterocycles. The molecule has 1 aliphatic rings. The van der Waals surface area contributed by atoms with Crippen molar-refractivity contribution in [2.24, 2.45) is 0 Å². The highest BCUT2D eigenvalue weighted by Crippen LogP contribution is 2.38. The first-order chi connectivity index (χ1) is 14.1. The lowest BCUT2D eigenvalue weighted by atomic mass is 10.0. The molecule has 29 heavy (non-hydrogen) atoms. The van der Waals surface area contributed by atoms with Gasteiger partial charge in [0.1, 0.15) is 6.07 Å². The third-order valence-electron chi connectivity index (χ3n) is 4.98. The molecule has 0 atom stereocenters. The lowest BCUT2D eigenvalue weighted by Crippen LogP contribution is -2.05. The minimum Gasteiger partial charge on any atom is -0.493 e. The van der Waals surface area contributed by atoms with Crippen molar-refractivity contribution >= 4 is 28.5 Å². The molecule has 0 bridgehead atoms. The standard InChI is InChI=1S/C23H18N2O4/c1-28-20-13-14(6-9-19(20)29-11-10-24)12-15-7-8-17-21(23(26)27)16-4-2-3-5-18(16)25-22(15)17/h2-6,9,12-13H,7-8,11H2,1H3,(H,26,27)/b15-12+. The quantitative estimate of drug-likeness (QED) is 0.702. The van der Waals surface area contributed by atoms with Crippen molar-refractivity contribution in [3.8, 4) is 17.6 Å². The van der Waals surface area contributed by atoms with Crippen LogP contribution in [0.25, 0.3) is 22.6 Å². The number of hydrogen-bond donors (Lipinski definition) is 1. The Kier molecular flexibility index (Phi) is 4.88. The average Bonchev–Trinajstić information content (AvgIpc) is 3.12. The minimum atomic E-state index is -0.929. The minimum absolute atomic E-state index is 0.0564. The second-order valence-corrected chi connectivity index (χ2v) is 6.66. The number of nitrogens with zero attached hydrogens (tertiary/aromatic N) is 2. The molecule has 0 amide bonds. The highest BCUT2D eigenvalue weighted by atomic mass is 16.5. The molecule has 144 valence electrons. The van der Waals surface area contributed by atoms with Crippen LogP contribution in [0.3, 0.4) is 0 Å². The zero-order valence-corrected chi connectivity index (χ0v) is 15.8.